The van der Waals surface area contributed by atoms with Gasteiger partial charge in [-0.1, -0.05) is 11.6 Å². The molecule has 3 aromatic rings. The Hall–Kier alpha value is -3.24. The first-order chi connectivity index (χ1) is 13.6. The van der Waals surface area contributed by atoms with Gasteiger partial charge in [-0.2, -0.15) is 10.1 Å². The minimum Gasteiger partial charge on any atom is -0.400 e. The zero-order valence-electron chi connectivity index (χ0n) is 14.5. The molecule has 144 valence electrons. The van der Waals surface area contributed by atoms with Crippen molar-refractivity contribution >= 4 is 46.4 Å². The first-order valence-electron chi connectivity index (χ1n) is 8.43. The first-order valence-corrected chi connectivity index (χ1v) is 8.81. The van der Waals surface area contributed by atoms with Crippen molar-refractivity contribution in [2.45, 2.75) is 0 Å². The van der Waals surface area contributed by atoms with E-state index >= 15 is 0 Å². The highest BCUT2D eigenvalue weighted by atomic mass is 35.5. The summed E-state index contributed by atoms with van der Waals surface area (Å²) < 4.78 is 10.4. The summed E-state index contributed by atoms with van der Waals surface area (Å²) in [6.07, 6.45) is 1.33. The molecule has 10 nitrogen and oxygen atoms in total. The Bertz CT molecular complexity index is 1050. The summed E-state index contributed by atoms with van der Waals surface area (Å²) in [7, 11) is 0. The lowest BCUT2D eigenvalue weighted by atomic mass is 10.2. The Kier molecular flexibility index (Phi) is 5.04. The van der Waals surface area contributed by atoms with Crippen LogP contribution >= 0.6 is 11.6 Å². The van der Waals surface area contributed by atoms with Gasteiger partial charge in [-0.05, 0) is 24.3 Å². The third kappa shape index (κ3) is 3.87. The number of fused-ring (bicyclic) bond motifs is 1. The Balaban J connectivity index is 1.64. The molecule has 1 aliphatic rings. The third-order valence-electron chi connectivity index (χ3n) is 4.09. The molecule has 1 N–H and O–H groups in total. The number of nitrogens with zero attached hydrogens (tertiary/aromatic N) is 5. The molecule has 0 spiro atoms. The fourth-order valence-corrected chi connectivity index (χ4v) is 2.92. The van der Waals surface area contributed by atoms with Crippen LogP contribution in [0, 0.1) is 10.1 Å². The van der Waals surface area contributed by atoms with Crippen molar-refractivity contribution in [1.29, 1.82) is 0 Å². The Labute approximate surface area is 163 Å². The lowest BCUT2D eigenvalue weighted by Crippen LogP contribution is -2.37. The molecule has 0 unspecified atom stereocenters. The van der Waals surface area contributed by atoms with Gasteiger partial charge in [-0.15, -0.1) is 0 Å². The monoisotopic (exact) mass is 402 g/mol. The quantitative estimate of drug-likeness (QED) is 0.393. The van der Waals surface area contributed by atoms with Gasteiger partial charge < -0.3 is 14.1 Å². The molecule has 0 aliphatic carbocycles. The van der Waals surface area contributed by atoms with Crippen molar-refractivity contribution in [3.63, 3.8) is 0 Å². The van der Waals surface area contributed by atoms with Gasteiger partial charge in [0.05, 0.1) is 31.0 Å². The molecule has 1 aromatic carbocycles. The molecule has 11 heteroatoms. The van der Waals surface area contributed by atoms with Crippen molar-refractivity contribution in [2.24, 2.45) is 5.10 Å². The summed E-state index contributed by atoms with van der Waals surface area (Å²) in [5.74, 6) is 0.912. The molecule has 4 rings (SSSR count). The summed E-state index contributed by atoms with van der Waals surface area (Å²) in [6.45, 7) is 2.61. The van der Waals surface area contributed by atoms with Gasteiger partial charge in [-0.3, -0.25) is 15.5 Å². The summed E-state index contributed by atoms with van der Waals surface area (Å²) >= 11 is 6.11. The highest BCUT2D eigenvalue weighted by Gasteiger charge is 2.17. The lowest BCUT2D eigenvalue weighted by Gasteiger charge is -2.27. The predicted octanol–water partition coefficient (Wildman–Crippen LogP) is 3.07. The van der Waals surface area contributed by atoms with E-state index in [0.29, 0.717) is 54.0 Å². The number of rotatable bonds is 5. The normalized spacial score (nSPS) is 14.7. The Morgan fingerprint density at radius 3 is 2.82 bits per heavy atom. The highest BCUT2D eigenvalue weighted by Crippen LogP contribution is 2.27. The average Bonchev–Trinajstić information content (AvgIpc) is 3.18. The summed E-state index contributed by atoms with van der Waals surface area (Å²) in [4.78, 5) is 21.3. The second kappa shape index (κ2) is 7.79. The number of halogens is 1. The maximum atomic E-state index is 10.7. The minimum atomic E-state index is -0.612. The SMILES string of the molecule is O=[N+]([O-])c1ccc(/C=N\Nc2nc(N3CCOCC3)nc3ccc(Cl)cc23)o1. The van der Waals surface area contributed by atoms with Crippen LogP contribution in [0.1, 0.15) is 5.76 Å². The number of morpholine rings is 1. The van der Waals surface area contributed by atoms with Crippen LogP contribution in [0.5, 0.6) is 0 Å². The van der Waals surface area contributed by atoms with E-state index < -0.39 is 4.92 Å². The summed E-state index contributed by atoms with van der Waals surface area (Å²) in [5, 5.41) is 16.0. The van der Waals surface area contributed by atoms with Crippen LogP contribution in [-0.2, 0) is 4.74 Å². The molecule has 0 bridgehead atoms. The van der Waals surface area contributed by atoms with E-state index in [4.69, 9.17) is 20.8 Å². The number of nitrogens with one attached hydrogen (secondary N) is 1. The van der Waals surface area contributed by atoms with Crippen LogP contribution in [0.4, 0.5) is 17.7 Å². The maximum Gasteiger partial charge on any atom is 0.433 e. The first kappa shape index (κ1) is 18.1. The smallest absolute Gasteiger partial charge is 0.400 e. The molecule has 0 atom stereocenters. The molecular formula is C17H15ClN6O4. The number of hydrogen-bond acceptors (Lipinski definition) is 9. The molecule has 1 fully saturated rings. The molecule has 1 aliphatic heterocycles. The molecule has 0 amide bonds. The predicted molar refractivity (Wildman–Crippen MR) is 104 cm³/mol. The van der Waals surface area contributed by atoms with Gasteiger partial charge in [0, 0.05) is 23.5 Å². The van der Waals surface area contributed by atoms with E-state index in [1.165, 1.54) is 18.3 Å². The number of hydrazone groups is 1. The van der Waals surface area contributed by atoms with Gasteiger partial charge in [0.2, 0.25) is 5.95 Å². The number of anilines is 2. The third-order valence-corrected chi connectivity index (χ3v) is 4.33. The largest absolute Gasteiger partial charge is 0.433 e. The van der Waals surface area contributed by atoms with E-state index in [9.17, 15) is 10.1 Å². The number of nitro groups is 1. The van der Waals surface area contributed by atoms with Crippen LogP contribution in [0.15, 0.2) is 39.9 Å². The van der Waals surface area contributed by atoms with Crippen LogP contribution in [-0.4, -0.2) is 47.4 Å². The fraction of sp³-hybridized carbons (Fsp3) is 0.235. The molecule has 0 saturated carbocycles. The van der Waals surface area contributed by atoms with E-state index in [2.05, 4.69) is 20.5 Å². The second-order valence-corrected chi connectivity index (χ2v) is 6.37. The maximum absolute atomic E-state index is 10.7. The molecule has 3 heterocycles. The number of ether oxygens (including phenoxy) is 1. The molecular weight excluding hydrogens is 388 g/mol. The number of hydrogen-bond donors (Lipinski definition) is 1. The lowest BCUT2D eigenvalue weighted by molar-refractivity contribution is -0.402. The van der Waals surface area contributed by atoms with Gasteiger partial charge in [0.15, 0.2) is 11.6 Å². The average molecular weight is 403 g/mol. The minimum absolute atomic E-state index is 0.240. The van der Waals surface area contributed by atoms with Crippen molar-refractivity contribution < 1.29 is 14.1 Å². The Morgan fingerprint density at radius 2 is 2.07 bits per heavy atom. The molecule has 1 saturated heterocycles. The summed E-state index contributed by atoms with van der Waals surface area (Å²) in [5.41, 5.74) is 3.57. The van der Waals surface area contributed by atoms with Crippen LogP contribution in [0.3, 0.4) is 0 Å². The number of furan rings is 1. The second-order valence-electron chi connectivity index (χ2n) is 5.94. The highest BCUT2D eigenvalue weighted by molar-refractivity contribution is 6.31. The van der Waals surface area contributed by atoms with Crippen molar-refractivity contribution in [1.82, 2.24) is 9.97 Å². The molecule has 2 aromatic heterocycles. The fourth-order valence-electron chi connectivity index (χ4n) is 2.75. The topological polar surface area (TPSA) is 119 Å². The number of benzene rings is 1. The zero-order valence-corrected chi connectivity index (χ0v) is 15.3. The van der Waals surface area contributed by atoms with Crippen LogP contribution in [0.25, 0.3) is 10.9 Å². The van der Waals surface area contributed by atoms with Gasteiger partial charge >= 0.3 is 5.88 Å². The van der Waals surface area contributed by atoms with Gasteiger partial charge in [0.1, 0.15) is 4.92 Å². The standard InChI is InChI=1S/C17H15ClN6O4/c18-11-1-3-14-13(9-11)16(21-17(20-14)23-5-7-27-8-6-23)22-19-10-12-2-4-15(28-12)24(25)26/h1-4,9-10H,5-8H2,(H,20,21,22)/b19-10-. The number of aromatic nitrogens is 2. The van der Waals surface area contributed by atoms with Gasteiger partial charge in [-0.25, -0.2) is 4.98 Å². The Morgan fingerprint density at radius 1 is 1.25 bits per heavy atom. The van der Waals surface area contributed by atoms with Crippen molar-refractivity contribution in [3.05, 3.63) is 51.2 Å². The summed E-state index contributed by atoms with van der Waals surface area (Å²) in [6, 6.07) is 8.04. The van der Waals surface area contributed by atoms with Gasteiger partial charge in [0.25, 0.3) is 0 Å². The van der Waals surface area contributed by atoms with E-state index in [0.717, 1.165) is 0 Å². The van der Waals surface area contributed by atoms with E-state index in [-0.39, 0.29) is 11.6 Å². The zero-order chi connectivity index (χ0) is 19.5. The van der Waals surface area contributed by atoms with E-state index in [1.807, 2.05) is 11.0 Å². The van der Waals surface area contributed by atoms with Crippen molar-refractivity contribution in [2.75, 3.05) is 36.6 Å². The van der Waals surface area contributed by atoms with Crippen molar-refractivity contribution in [3.8, 4) is 0 Å². The van der Waals surface area contributed by atoms with E-state index in [1.54, 1.807) is 12.1 Å². The molecule has 0 radical (unpaired) electrons. The molecule has 28 heavy (non-hydrogen) atoms. The van der Waals surface area contributed by atoms with Crippen LogP contribution in [0.2, 0.25) is 5.02 Å². The van der Waals surface area contributed by atoms with Crippen LogP contribution < -0.4 is 10.3 Å².